The Morgan fingerprint density at radius 1 is 1.03 bits per heavy atom. The van der Waals surface area contributed by atoms with Crippen LogP contribution in [0.3, 0.4) is 0 Å². The third-order valence-corrected chi connectivity index (χ3v) is 4.95. The van der Waals surface area contributed by atoms with Gasteiger partial charge in [-0.2, -0.15) is 5.10 Å². The van der Waals surface area contributed by atoms with Crippen LogP contribution in [0, 0.1) is 0 Å². The minimum absolute atomic E-state index is 0.00564. The van der Waals surface area contributed by atoms with Gasteiger partial charge in [-0.05, 0) is 24.3 Å². The van der Waals surface area contributed by atoms with Crippen molar-refractivity contribution in [3.05, 3.63) is 58.2 Å². The van der Waals surface area contributed by atoms with Crippen molar-refractivity contribution in [1.82, 2.24) is 9.78 Å². The number of aromatic nitrogens is 2. The molecule has 33 heavy (non-hydrogen) atoms. The van der Waals surface area contributed by atoms with E-state index in [2.05, 4.69) is 21.0 Å². The van der Waals surface area contributed by atoms with E-state index in [1.807, 2.05) is 0 Å². The molecule has 0 saturated carbocycles. The molecule has 0 bridgehead atoms. The van der Waals surface area contributed by atoms with E-state index in [4.69, 9.17) is 24.1 Å². The third-order valence-electron chi connectivity index (χ3n) is 4.49. The first-order valence-electron chi connectivity index (χ1n) is 9.39. The van der Waals surface area contributed by atoms with Crippen molar-refractivity contribution in [1.29, 1.82) is 0 Å². The van der Waals surface area contributed by atoms with E-state index >= 15 is 0 Å². The van der Waals surface area contributed by atoms with E-state index in [1.165, 1.54) is 18.9 Å². The molecule has 0 saturated heterocycles. The Balaban J connectivity index is 2.41. The van der Waals surface area contributed by atoms with E-state index in [0.717, 1.165) is 7.11 Å². The van der Waals surface area contributed by atoms with E-state index in [-0.39, 0.29) is 34.0 Å². The number of aliphatic carboxylic acids is 1. The maximum absolute atomic E-state index is 12.8. The van der Waals surface area contributed by atoms with Crippen molar-refractivity contribution in [2.75, 3.05) is 27.9 Å². The van der Waals surface area contributed by atoms with Crippen LogP contribution in [0.1, 0.15) is 20.8 Å². The Morgan fingerprint density at radius 3 is 2.27 bits per heavy atom. The number of hydrogen-bond donors (Lipinski definition) is 1. The Bertz CT molecular complexity index is 1210. The highest BCUT2D eigenvalue weighted by molar-refractivity contribution is 9.10. The zero-order chi connectivity index (χ0) is 24.1. The lowest BCUT2D eigenvalue weighted by Crippen LogP contribution is -2.15. The molecule has 0 aliphatic rings. The number of rotatable bonds is 8. The SMILES string of the molecule is COC(=O)c1c(-c2cc(Br)cc(OC)c2OCC(=O)O)nn(-c2ccccc2)c1C(=O)OC. The summed E-state index contributed by atoms with van der Waals surface area (Å²) in [6.07, 6.45) is 0. The number of esters is 2. The number of carboxylic acids is 1. The summed E-state index contributed by atoms with van der Waals surface area (Å²) in [6, 6.07) is 11.8. The highest BCUT2D eigenvalue weighted by Crippen LogP contribution is 2.42. The van der Waals surface area contributed by atoms with E-state index in [1.54, 1.807) is 42.5 Å². The van der Waals surface area contributed by atoms with Crippen LogP contribution in [-0.2, 0) is 14.3 Å². The lowest BCUT2D eigenvalue weighted by atomic mass is 10.0. The Hall–Kier alpha value is -3.86. The van der Waals surface area contributed by atoms with Gasteiger partial charge in [0.05, 0.1) is 32.6 Å². The molecular weight excluding hydrogens is 500 g/mol. The monoisotopic (exact) mass is 518 g/mol. The van der Waals surface area contributed by atoms with Gasteiger partial charge >= 0.3 is 17.9 Å². The van der Waals surface area contributed by atoms with Crippen molar-refractivity contribution in [2.45, 2.75) is 0 Å². The molecule has 2 aromatic carbocycles. The highest BCUT2D eigenvalue weighted by atomic mass is 79.9. The molecule has 11 heteroatoms. The first-order valence-corrected chi connectivity index (χ1v) is 10.2. The molecular formula is C22H19BrN2O8. The Kier molecular flexibility index (Phi) is 7.34. The Labute approximate surface area is 196 Å². The zero-order valence-corrected chi connectivity index (χ0v) is 19.4. The molecule has 0 amide bonds. The Morgan fingerprint density at radius 2 is 1.70 bits per heavy atom. The van der Waals surface area contributed by atoms with Gasteiger partial charge in [-0.3, -0.25) is 0 Å². The number of nitrogens with zero attached hydrogens (tertiary/aromatic N) is 2. The summed E-state index contributed by atoms with van der Waals surface area (Å²) in [7, 11) is 3.72. The van der Waals surface area contributed by atoms with Crippen LogP contribution in [0.5, 0.6) is 11.5 Å². The van der Waals surface area contributed by atoms with Gasteiger partial charge in [-0.1, -0.05) is 34.1 Å². The fourth-order valence-corrected chi connectivity index (χ4v) is 3.56. The number of carbonyl (C=O) groups excluding carboxylic acids is 2. The molecule has 0 atom stereocenters. The standard InChI is InChI=1S/C22H19BrN2O8/c1-30-15-10-12(23)9-14(20(15)33-11-16(26)27)18-17(21(28)31-2)19(22(29)32-3)25(24-18)13-7-5-4-6-8-13/h4-10H,11H2,1-3H3,(H,26,27). The molecule has 0 radical (unpaired) electrons. The number of benzene rings is 2. The third kappa shape index (κ3) is 4.82. The first kappa shape index (κ1) is 23.8. The summed E-state index contributed by atoms with van der Waals surface area (Å²) < 4.78 is 22.4. The molecule has 172 valence electrons. The molecule has 1 heterocycles. The summed E-state index contributed by atoms with van der Waals surface area (Å²) in [5.74, 6) is -2.69. The smallest absolute Gasteiger partial charge is 0.357 e. The van der Waals surface area contributed by atoms with Crippen LogP contribution < -0.4 is 9.47 Å². The molecule has 0 fully saturated rings. The quantitative estimate of drug-likeness (QED) is 0.446. The minimum atomic E-state index is -1.22. The van der Waals surface area contributed by atoms with Crippen molar-refractivity contribution >= 4 is 33.8 Å². The van der Waals surface area contributed by atoms with Gasteiger partial charge in [0.2, 0.25) is 0 Å². The summed E-state index contributed by atoms with van der Waals surface area (Å²) in [5, 5.41) is 13.6. The molecule has 1 aromatic heterocycles. The molecule has 1 N–H and O–H groups in total. The maximum atomic E-state index is 12.8. The van der Waals surface area contributed by atoms with Gasteiger partial charge in [0.1, 0.15) is 11.3 Å². The minimum Gasteiger partial charge on any atom is -0.493 e. The fraction of sp³-hybridized carbons (Fsp3) is 0.182. The fourth-order valence-electron chi connectivity index (χ4n) is 3.12. The summed E-state index contributed by atoms with van der Waals surface area (Å²) in [4.78, 5) is 36.7. The van der Waals surface area contributed by atoms with Crippen LogP contribution in [0.4, 0.5) is 0 Å². The van der Waals surface area contributed by atoms with E-state index in [0.29, 0.717) is 10.2 Å². The van der Waals surface area contributed by atoms with Gasteiger partial charge in [-0.25, -0.2) is 19.1 Å². The zero-order valence-electron chi connectivity index (χ0n) is 17.8. The van der Waals surface area contributed by atoms with Gasteiger partial charge < -0.3 is 24.1 Å². The second kappa shape index (κ2) is 10.2. The second-order valence-corrected chi connectivity index (χ2v) is 7.39. The summed E-state index contributed by atoms with van der Waals surface area (Å²) >= 11 is 3.36. The molecule has 0 spiro atoms. The first-order chi connectivity index (χ1) is 15.8. The number of para-hydroxylation sites is 1. The molecule has 0 aliphatic carbocycles. The number of methoxy groups -OCH3 is 3. The number of hydrogen-bond acceptors (Lipinski definition) is 8. The van der Waals surface area contributed by atoms with Crippen molar-refractivity contribution in [2.24, 2.45) is 0 Å². The van der Waals surface area contributed by atoms with Crippen LogP contribution in [0.2, 0.25) is 0 Å². The number of carbonyl (C=O) groups is 3. The predicted molar refractivity (Wildman–Crippen MR) is 119 cm³/mol. The lowest BCUT2D eigenvalue weighted by Gasteiger charge is -2.14. The van der Waals surface area contributed by atoms with Crippen LogP contribution in [0.15, 0.2) is 46.9 Å². The molecule has 10 nitrogen and oxygen atoms in total. The van der Waals surface area contributed by atoms with Gasteiger partial charge in [0.15, 0.2) is 23.8 Å². The number of halogens is 1. The molecule has 3 rings (SSSR count). The molecule has 3 aromatic rings. The summed E-state index contributed by atoms with van der Waals surface area (Å²) in [6.45, 7) is -0.679. The van der Waals surface area contributed by atoms with Crippen molar-refractivity contribution in [3.63, 3.8) is 0 Å². The van der Waals surface area contributed by atoms with Crippen LogP contribution in [0.25, 0.3) is 16.9 Å². The van der Waals surface area contributed by atoms with Gasteiger partial charge in [0.25, 0.3) is 0 Å². The maximum Gasteiger partial charge on any atom is 0.357 e. The van der Waals surface area contributed by atoms with Crippen molar-refractivity contribution < 1.29 is 38.4 Å². The average Bonchev–Trinajstić information content (AvgIpc) is 3.22. The summed E-state index contributed by atoms with van der Waals surface area (Å²) in [5.41, 5.74) is 0.320. The van der Waals surface area contributed by atoms with Crippen LogP contribution >= 0.6 is 15.9 Å². The number of carboxylic acid groups (broad SMARTS) is 1. The van der Waals surface area contributed by atoms with Crippen molar-refractivity contribution in [3.8, 4) is 28.4 Å². The van der Waals surface area contributed by atoms with Gasteiger partial charge in [0, 0.05) is 4.47 Å². The van der Waals surface area contributed by atoms with E-state index < -0.39 is 24.5 Å². The van der Waals surface area contributed by atoms with E-state index in [9.17, 15) is 14.4 Å². The molecule has 0 unspecified atom stereocenters. The normalized spacial score (nSPS) is 10.4. The number of ether oxygens (including phenoxy) is 4. The highest BCUT2D eigenvalue weighted by Gasteiger charge is 2.33. The molecule has 0 aliphatic heterocycles. The average molecular weight is 519 g/mol. The van der Waals surface area contributed by atoms with Gasteiger partial charge in [-0.15, -0.1) is 0 Å². The lowest BCUT2D eigenvalue weighted by molar-refractivity contribution is -0.139. The predicted octanol–water partition coefficient (Wildman–Crippen LogP) is 3.35. The van der Waals surface area contributed by atoms with Crippen LogP contribution in [-0.4, -0.2) is 60.7 Å². The second-order valence-electron chi connectivity index (χ2n) is 6.47. The topological polar surface area (TPSA) is 126 Å². The largest absolute Gasteiger partial charge is 0.493 e.